The normalized spacial score (nSPS) is 20.9. The van der Waals surface area contributed by atoms with Crippen molar-refractivity contribution in [3.8, 4) is 0 Å². The summed E-state index contributed by atoms with van der Waals surface area (Å²) < 4.78 is 5.56. The highest BCUT2D eigenvalue weighted by atomic mass is 16.5. The minimum Gasteiger partial charge on any atom is -0.462 e. The molecule has 1 aliphatic carbocycles. The predicted octanol–water partition coefficient (Wildman–Crippen LogP) is 3.37. The number of benzene rings is 1. The molecule has 1 fully saturated rings. The van der Waals surface area contributed by atoms with Gasteiger partial charge in [0.15, 0.2) is 0 Å². The Kier molecular flexibility index (Phi) is 5.28. The first-order valence-electron chi connectivity index (χ1n) is 8.79. The second kappa shape index (κ2) is 7.60. The topological polar surface area (TPSA) is 72.0 Å². The molecule has 1 saturated carbocycles. The highest BCUT2D eigenvalue weighted by molar-refractivity contribution is 5.77. The molecule has 3 rings (SSSR count). The van der Waals surface area contributed by atoms with Gasteiger partial charge in [0.1, 0.15) is 11.9 Å². The van der Waals surface area contributed by atoms with E-state index in [0.29, 0.717) is 41.9 Å². The summed E-state index contributed by atoms with van der Waals surface area (Å²) in [5.74, 6) is 1.12. The van der Waals surface area contributed by atoms with Crippen molar-refractivity contribution in [3.05, 3.63) is 40.4 Å². The Hall–Kier alpha value is -2.17. The van der Waals surface area contributed by atoms with E-state index in [9.17, 15) is 9.59 Å². The lowest BCUT2D eigenvalue weighted by atomic mass is 9.89. The van der Waals surface area contributed by atoms with Gasteiger partial charge in [-0.3, -0.25) is 9.59 Å². The standard InChI is InChI=1S/C19H24N2O3/c1-13-6-4-7-14(12-13)24-18(22)11-5-10-17-20-16-9-3-2-8-15(16)19(23)21-17/h2-3,8-9,13-14H,4-7,10-12H2,1H3,(H,20,21,23). The molecule has 2 atom stereocenters. The van der Waals surface area contributed by atoms with Crippen LogP contribution in [-0.4, -0.2) is 22.0 Å². The first kappa shape index (κ1) is 16.7. The first-order valence-corrected chi connectivity index (χ1v) is 8.79. The predicted molar refractivity (Wildman–Crippen MR) is 92.8 cm³/mol. The lowest BCUT2D eigenvalue weighted by Gasteiger charge is -2.26. The van der Waals surface area contributed by atoms with Crippen molar-refractivity contribution >= 4 is 16.9 Å². The van der Waals surface area contributed by atoms with Crippen LogP contribution in [0.15, 0.2) is 29.1 Å². The van der Waals surface area contributed by atoms with E-state index in [1.54, 1.807) is 6.07 Å². The summed E-state index contributed by atoms with van der Waals surface area (Å²) in [5.41, 5.74) is 0.560. The Morgan fingerprint density at radius 3 is 3.00 bits per heavy atom. The molecule has 5 nitrogen and oxygen atoms in total. The van der Waals surface area contributed by atoms with Crippen molar-refractivity contribution in [2.75, 3.05) is 0 Å². The molecule has 0 saturated heterocycles. The van der Waals surface area contributed by atoms with E-state index in [4.69, 9.17) is 4.74 Å². The third-order valence-corrected chi connectivity index (χ3v) is 4.64. The van der Waals surface area contributed by atoms with Gasteiger partial charge >= 0.3 is 5.97 Å². The maximum Gasteiger partial charge on any atom is 0.306 e. The number of nitrogens with one attached hydrogen (secondary N) is 1. The Balaban J connectivity index is 1.51. The molecule has 0 amide bonds. The van der Waals surface area contributed by atoms with Crippen molar-refractivity contribution in [2.24, 2.45) is 5.92 Å². The van der Waals surface area contributed by atoms with Crippen molar-refractivity contribution in [1.29, 1.82) is 0 Å². The van der Waals surface area contributed by atoms with Crippen molar-refractivity contribution in [1.82, 2.24) is 9.97 Å². The average molecular weight is 328 g/mol. The number of aromatic nitrogens is 2. The smallest absolute Gasteiger partial charge is 0.306 e. The van der Waals surface area contributed by atoms with Gasteiger partial charge in [-0.05, 0) is 43.7 Å². The number of hydrogen-bond acceptors (Lipinski definition) is 4. The second-order valence-electron chi connectivity index (χ2n) is 6.77. The highest BCUT2D eigenvalue weighted by Crippen LogP contribution is 2.26. The molecule has 1 aromatic heterocycles. The number of para-hydroxylation sites is 1. The summed E-state index contributed by atoms with van der Waals surface area (Å²) in [5, 5.41) is 0.590. The quantitative estimate of drug-likeness (QED) is 0.854. The number of esters is 1. The highest BCUT2D eigenvalue weighted by Gasteiger charge is 2.21. The molecular formula is C19H24N2O3. The summed E-state index contributed by atoms with van der Waals surface area (Å²) in [7, 11) is 0. The van der Waals surface area contributed by atoms with Crippen molar-refractivity contribution in [3.63, 3.8) is 0 Å². The van der Waals surface area contributed by atoms with Crippen LogP contribution < -0.4 is 5.56 Å². The first-order chi connectivity index (χ1) is 11.6. The van der Waals surface area contributed by atoms with Crippen LogP contribution in [0.25, 0.3) is 10.9 Å². The number of aromatic amines is 1. The van der Waals surface area contributed by atoms with E-state index < -0.39 is 0 Å². The van der Waals surface area contributed by atoms with Gasteiger partial charge in [-0.1, -0.05) is 25.5 Å². The lowest BCUT2D eigenvalue weighted by Crippen LogP contribution is -2.24. The van der Waals surface area contributed by atoms with E-state index in [2.05, 4.69) is 16.9 Å². The van der Waals surface area contributed by atoms with Crippen LogP contribution in [0, 0.1) is 5.92 Å². The van der Waals surface area contributed by atoms with Gasteiger partial charge in [0.2, 0.25) is 0 Å². The zero-order valence-corrected chi connectivity index (χ0v) is 14.1. The number of aryl methyl sites for hydroxylation is 1. The maximum atomic E-state index is 12.0. The molecular weight excluding hydrogens is 304 g/mol. The largest absolute Gasteiger partial charge is 0.462 e. The van der Waals surface area contributed by atoms with Crippen molar-refractivity contribution in [2.45, 2.75) is 58.0 Å². The molecule has 5 heteroatoms. The second-order valence-corrected chi connectivity index (χ2v) is 6.77. The number of hydrogen-bond donors (Lipinski definition) is 1. The van der Waals surface area contributed by atoms with Crippen LogP contribution in [0.4, 0.5) is 0 Å². The molecule has 0 aliphatic heterocycles. The molecule has 1 aromatic carbocycles. The van der Waals surface area contributed by atoms with E-state index in [-0.39, 0.29) is 17.6 Å². The van der Waals surface area contributed by atoms with E-state index in [0.717, 1.165) is 19.3 Å². The molecule has 2 aromatic rings. The summed E-state index contributed by atoms with van der Waals surface area (Å²) in [6, 6.07) is 7.27. The monoisotopic (exact) mass is 328 g/mol. The van der Waals surface area contributed by atoms with Crippen LogP contribution in [-0.2, 0) is 16.0 Å². The zero-order valence-electron chi connectivity index (χ0n) is 14.1. The number of fused-ring (bicyclic) bond motifs is 1. The van der Waals surface area contributed by atoms with Gasteiger partial charge < -0.3 is 9.72 Å². The number of nitrogens with zero attached hydrogens (tertiary/aromatic N) is 1. The van der Waals surface area contributed by atoms with Gasteiger partial charge in [0, 0.05) is 12.8 Å². The van der Waals surface area contributed by atoms with Crippen LogP contribution in [0.2, 0.25) is 0 Å². The molecule has 0 bridgehead atoms. The molecule has 1 N–H and O–H groups in total. The Labute approximate surface area is 141 Å². The van der Waals surface area contributed by atoms with Crippen LogP contribution in [0.3, 0.4) is 0 Å². The van der Waals surface area contributed by atoms with Gasteiger partial charge in [0.05, 0.1) is 10.9 Å². The molecule has 2 unspecified atom stereocenters. The van der Waals surface area contributed by atoms with Gasteiger partial charge in [0.25, 0.3) is 5.56 Å². The number of H-pyrrole nitrogens is 1. The van der Waals surface area contributed by atoms with Crippen LogP contribution >= 0.6 is 0 Å². The van der Waals surface area contributed by atoms with E-state index >= 15 is 0 Å². The van der Waals surface area contributed by atoms with Gasteiger partial charge in [-0.15, -0.1) is 0 Å². The molecule has 0 radical (unpaired) electrons. The number of carbonyl (C=O) groups is 1. The fourth-order valence-electron chi connectivity index (χ4n) is 3.38. The number of rotatable bonds is 5. The fraction of sp³-hybridized carbons (Fsp3) is 0.526. The zero-order chi connectivity index (χ0) is 16.9. The Bertz CT molecular complexity index is 769. The Morgan fingerprint density at radius 2 is 2.17 bits per heavy atom. The summed E-state index contributed by atoms with van der Waals surface area (Å²) in [6.07, 6.45) is 5.97. The fourth-order valence-corrected chi connectivity index (χ4v) is 3.38. The number of ether oxygens (including phenoxy) is 1. The third kappa shape index (κ3) is 4.22. The van der Waals surface area contributed by atoms with Crippen molar-refractivity contribution < 1.29 is 9.53 Å². The van der Waals surface area contributed by atoms with Crippen LogP contribution in [0.1, 0.15) is 51.3 Å². The van der Waals surface area contributed by atoms with Gasteiger partial charge in [-0.2, -0.15) is 0 Å². The summed E-state index contributed by atoms with van der Waals surface area (Å²) in [6.45, 7) is 2.21. The molecule has 0 spiro atoms. The van der Waals surface area contributed by atoms with Gasteiger partial charge in [-0.25, -0.2) is 4.98 Å². The Morgan fingerprint density at radius 1 is 1.33 bits per heavy atom. The molecule has 1 aliphatic rings. The van der Waals surface area contributed by atoms with Crippen LogP contribution in [0.5, 0.6) is 0 Å². The molecule has 1 heterocycles. The minimum atomic E-state index is -0.141. The lowest BCUT2D eigenvalue weighted by molar-refractivity contribution is -0.151. The van der Waals surface area contributed by atoms with E-state index in [1.807, 2.05) is 18.2 Å². The average Bonchev–Trinajstić information content (AvgIpc) is 2.55. The number of carbonyl (C=O) groups excluding carboxylic acids is 1. The summed E-state index contributed by atoms with van der Waals surface area (Å²) >= 11 is 0. The molecule has 128 valence electrons. The van der Waals surface area contributed by atoms with E-state index in [1.165, 1.54) is 6.42 Å². The SMILES string of the molecule is CC1CCCC(OC(=O)CCCc2nc3ccccc3c(=O)[nH]2)C1. The third-order valence-electron chi connectivity index (χ3n) is 4.64. The summed E-state index contributed by atoms with van der Waals surface area (Å²) in [4.78, 5) is 31.2. The molecule has 24 heavy (non-hydrogen) atoms. The maximum absolute atomic E-state index is 12.0. The minimum absolute atomic E-state index is 0.0832.